The van der Waals surface area contributed by atoms with Crippen molar-refractivity contribution in [2.45, 2.75) is 6.92 Å². The van der Waals surface area contributed by atoms with E-state index in [9.17, 15) is 9.59 Å². The molecule has 0 spiro atoms. The Balaban J connectivity index is 4.13. The van der Waals surface area contributed by atoms with Crippen LogP contribution in [0.4, 0.5) is 0 Å². The molecule has 8 heavy (non-hydrogen) atoms. The molecule has 44 valence electrons. The summed E-state index contributed by atoms with van der Waals surface area (Å²) in [6, 6.07) is 0. The van der Waals surface area contributed by atoms with Gasteiger partial charge in [0.05, 0.1) is 0 Å². The number of nitrogens with zero attached hydrogens (tertiary/aromatic N) is 1. The highest BCUT2D eigenvalue weighted by Crippen LogP contribution is 1.72. The molecule has 0 aliphatic rings. The Labute approximate surface area is 45.8 Å². The van der Waals surface area contributed by atoms with Crippen molar-refractivity contribution in [2.75, 3.05) is 0 Å². The molecule has 0 fully saturated rings. The third-order valence-electron chi connectivity index (χ3n) is 0.580. The predicted octanol–water partition coefficient (Wildman–Crippen LogP) is -0.396. The van der Waals surface area contributed by atoms with Crippen LogP contribution in [0.2, 0.25) is 0 Å². The molecule has 0 radical (unpaired) electrons. The van der Waals surface area contributed by atoms with Gasteiger partial charge < -0.3 is 5.21 Å². The second-order valence-electron chi connectivity index (χ2n) is 1.16. The molecule has 0 aliphatic carbocycles. The van der Waals surface area contributed by atoms with Gasteiger partial charge in [0.2, 0.25) is 0 Å². The van der Waals surface area contributed by atoms with Gasteiger partial charge in [-0.05, 0) is 0 Å². The lowest BCUT2D eigenvalue weighted by Crippen LogP contribution is -2.10. The van der Waals surface area contributed by atoms with E-state index in [0.717, 1.165) is 6.92 Å². The first-order chi connectivity index (χ1) is 3.72. The highest BCUT2D eigenvalue weighted by molar-refractivity contribution is 6.59. The van der Waals surface area contributed by atoms with Crippen molar-refractivity contribution in [1.82, 2.24) is 0 Å². The topological polar surface area (TPSA) is 66.7 Å². The van der Waals surface area contributed by atoms with Crippen LogP contribution >= 0.6 is 0 Å². The Morgan fingerprint density at radius 2 is 2.25 bits per heavy atom. The van der Waals surface area contributed by atoms with Gasteiger partial charge in [-0.1, -0.05) is 5.16 Å². The Morgan fingerprint density at radius 1 is 1.75 bits per heavy atom. The Bertz CT molecular complexity index is 138. The summed E-state index contributed by atoms with van der Waals surface area (Å²) in [5, 5.41) is 10.2. The number of carbonyl (C=O) groups excluding carboxylic acids is 2. The van der Waals surface area contributed by atoms with Gasteiger partial charge in [-0.2, -0.15) is 0 Å². The summed E-state index contributed by atoms with van der Waals surface area (Å²) < 4.78 is 0. The first-order valence-corrected chi connectivity index (χ1v) is 1.90. The van der Waals surface area contributed by atoms with E-state index in [2.05, 4.69) is 5.16 Å². The maximum atomic E-state index is 10.1. The zero-order chi connectivity index (χ0) is 6.57. The Hall–Kier alpha value is -1.19. The molecule has 0 unspecified atom stereocenters. The third kappa shape index (κ3) is 1.51. The summed E-state index contributed by atoms with van der Waals surface area (Å²) in [6.45, 7) is 1.14. The summed E-state index contributed by atoms with van der Waals surface area (Å²) in [5.74, 6) is -0.539. The molecule has 0 aromatic heterocycles. The average molecular weight is 115 g/mol. The molecule has 0 saturated carbocycles. The molecule has 1 N–H and O–H groups in total. The maximum Gasteiger partial charge on any atom is 0.184 e. The standard InChI is InChI=1S/C4H5NO3/c1-3(7)4(2-6)5-8/h2,8H,1H3/b5-4+. The van der Waals surface area contributed by atoms with Gasteiger partial charge in [0.15, 0.2) is 17.8 Å². The van der Waals surface area contributed by atoms with Gasteiger partial charge in [0, 0.05) is 6.92 Å². The molecule has 0 saturated heterocycles. The van der Waals surface area contributed by atoms with Crippen molar-refractivity contribution in [3.8, 4) is 0 Å². The minimum absolute atomic E-state index is 0.197. The average Bonchev–Trinajstić information content (AvgIpc) is 1.69. The summed E-state index contributed by atoms with van der Waals surface area (Å²) in [4.78, 5) is 19.7. The van der Waals surface area contributed by atoms with Crippen LogP contribution in [0.1, 0.15) is 6.92 Å². The quantitative estimate of drug-likeness (QED) is 0.175. The van der Waals surface area contributed by atoms with E-state index < -0.39 is 11.5 Å². The summed E-state index contributed by atoms with van der Waals surface area (Å²) >= 11 is 0. The van der Waals surface area contributed by atoms with E-state index >= 15 is 0 Å². The highest BCUT2D eigenvalue weighted by Gasteiger charge is 2.01. The molecular weight excluding hydrogens is 110 g/mol. The van der Waals surface area contributed by atoms with E-state index in [4.69, 9.17) is 5.21 Å². The van der Waals surface area contributed by atoms with Gasteiger partial charge >= 0.3 is 0 Å². The molecule has 4 heteroatoms. The number of ketones is 1. The SMILES string of the molecule is CC(=O)/C(C=O)=N/O. The van der Waals surface area contributed by atoms with Gasteiger partial charge in [-0.15, -0.1) is 0 Å². The van der Waals surface area contributed by atoms with Gasteiger partial charge in [-0.3, -0.25) is 9.59 Å². The molecule has 0 heterocycles. The van der Waals surface area contributed by atoms with Gasteiger partial charge in [0.1, 0.15) is 0 Å². The molecule has 4 nitrogen and oxygen atoms in total. The number of Topliss-reactive ketones (excluding diaryl/α,β-unsaturated/α-hetero) is 1. The smallest absolute Gasteiger partial charge is 0.184 e. The number of hydrogen-bond donors (Lipinski definition) is 1. The normalized spacial score (nSPS) is 10.9. The van der Waals surface area contributed by atoms with Crippen molar-refractivity contribution < 1.29 is 14.8 Å². The maximum absolute atomic E-state index is 10.1. The Morgan fingerprint density at radius 3 is 2.25 bits per heavy atom. The molecule has 0 aromatic rings. The van der Waals surface area contributed by atoms with E-state index in [-0.39, 0.29) is 6.29 Å². The molecule has 0 aliphatic heterocycles. The molecule has 0 aromatic carbocycles. The summed E-state index contributed by atoms with van der Waals surface area (Å²) in [6.07, 6.45) is 0.197. The van der Waals surface area contributed by atoms with Crippen LogP contribution in [-0.2, 0) is 9.59 Å². The molecule has 0 atom stereocenters. The molecule has 0 amide bonds. The number of oxime groups is 1. The second kappa shape index (κ2) is 2.90. The van der Waals surface area contributed by atoms with E-state index in [1.807, 2.05) is 0 Å². The predicted molar refractivity (Wildman–Crippen MR) is 26.0 cm³/mol. The molecule has 0 bridgehead atoms. The van der Waals surface area contributed by atoms with Crippen LogP contribution in [-0.4, -0.2) is 23.0 Å². The molecular formula is C4H5NO3. The summed E-state index contributed by atoms with van der Waals surface area (Å²) in [5.41, 5.74) is -0.454. The Kier molecular flexibility index (Phi) is 2.47. The lowest BCUT2D eigenvalue weighted by Gasteiger charge is -1.81. The fraction of sp³-hybridized carbons (Fsp3) is 0.250. The largest absolute Gasteiger partial charge is 0.410 e. The van der Waals surface area contributed by atoms with E-state index in [1.54, 1.807) is 0 Å². The number of rotatable bonds is 2. The van der Waals surface area contributed by atoms with Gasteiger partial charge in [0.25, 0.3) is 0 Å². The third-order valence-corrected chi connectivity index (χ3v) is 0.580. The first-order valence-electron chi connectivity index (χ1n) is 1.90. The minimum Gasteiger partial charge on any atom is -0.410 e. The lowest BCUT2D eigenvalue weighted by atomic mass is 10.3. The zero-order valence-corrected chi connectivity index (χ0v) is 4.29. The van der Waals surface area contributed by atoms with Crippen LogP contribution in [0.15, 0.2) is 5.16 Å². The second-order valence-corrected chi connectivity index (χ2v) is 1.16. The van der Waals surface area contributed by atoms with Crippen LogP contribution < -0.4 is 0 Å². The van der Waals surface area contributed by atoms with Crippen molar-refractivity contribution >= 4 is 17.8 Å². The highest BCUT2D eigenvalue weighted by atomic mass is 16.4. The van der Waals surface area contributed by atoms with E-state index in [0.29, 0.717) is 0 Å². The lowest BCUT2D eigenvalue weighted by molar-refractivity contribution is -0.112. The van der Waals surface area contributed by atoms with Crippen molar-refractivity contribution in [3.63, 3.8) is 0 Å². The fourth-order valence-electron chi connectivity index (χ4n) is 0.177. The molecule has 0 rings (SSSR count). The van der Waals surface area contributed by atoms with Crippen LogP contribution in [0.3, 0.4) is 0 Å². The van der Waals surface area contributed by atoms with Crippen LogP contribution in [0.25, 0.3) is 0 Å². The first kappa shape index (κ1) is 6.81. The van der Waals surface area contributed by atoms with E-state index in [1.165, 1.54) is 0 Å². The number of hydrogen-bond acceptors (Lipinski definition) is 4. The monoisotopic (exact) mass is 115 g/mol. The summed E-state index contributed by atoms with van der Waals surface area (Å²) in [7, 11) is 0. The number of aldehydes is 1. The van der Waals surface area contributed by atoms with Crippen LogP contribution in [0.5, 0.6) is 0 Å². The number of carbonyl (C=O) groups is 2. The van der Waals surface area contributed by atoms with Crippen molar-refractivity contribution in [2.24, 2.45) is 5.16 Å². The fourth-order valence-corrected chi connectivity index (χ4v) is 0.177. The minimum atomic E-state index is -0.539. The van der Waals surface area contributed by atoms with Crippen LogP contribution in [0, 0.1) is 0 Å². The zero-order valence-electron chi connectivity index (χ0n) is 4.29. The van der Waals surface area contributed by atoms with Crippen molar-refractivity contribution in [1.29, 1.82) is 0 Å². The van der Waals surface area contributed by atoms with Crippen molar-refractivity contribution in [3.05, 3.63) is 0 Å². The van der Waals surface area contributed by atoms with Gasteiger partial charge in [-0.25, -0.2) is 0 Å².